The minimum atomic E-state index is -1.69. The van der Waals surface area contributed by atoms with Crippen LogP contribution in [0.4, 0.5) is 0 Å². The second-order valence-electron chi connectivity index (χ2n) is 0.334. The van der Waals surface area contributed by atoms with Gasteiger partial charge in [0.05, 0.1) is 0 Å². The molecule has 0 aliphatic rings. The monoisotopic (exact) mass is 113 g/mol. The van der Waals surface area contributed by atoms with E-state index in [4.69, 9.17) is 24.8 Å². The molecule has 0 amide bonds. The number of rotatable bonds is 0. The van der Waals surface area contributed by atoms with Gasteiger partial charge in [-0.15, -0.1) is 0 Å². The summed E-state index contributed by atoms with van der Waals surface area (Å²) in [7, 11) is 9.91. The van der Waals surface area contributed by atoms with E-state index in [0.29, 0.717) is 0 Å². The van der Waals surface area contributed by atoms with Gasteiger partial charge in [-0.05, 0) is 0 Å². The van der Waals surface area contributed by atoms with Gasteiger partial charge in [0.1, 0.15) is 0 Å². The molecule has 0 bridgehead atoms. The van der Waals surface area contributed by atoms with Gasteiger partial charge in [-0.1, -0.05) is 0 Å². The second kappa shape index (κ2) is 2.32. The summed E-state index contributed by atoms with van der Waals surface area (Å²) < 4.78 is 4.78. The molecule has 2 N–H and O–H groups in total. The fourth-order valence-electron chi connectivity index (χ4n) is 0. The highest BCUT2D eigenvalue weighted by Crippen LogP contribution is 1.79. The molecule has 0 radical (unpaired) electrons. The van der Waals surface area contributed by atoms with Crippen LogP contribution in [0.15, 0.2) is 0 Å². The van der Waals surface area contributed by atoms with Gasteiger partial charge in [0.2, 0.25) is 0 Å². The maximum absolute atomic E-state index is 4.96. The van der Waals surface area contributed by atoms with E-state index in [1.54, 1.807) is 0 Å². The molecule has 0 unspecified atom stereocenters. The van der Waals surface area contributed by atoms with E-state index < -0.39 is 12.5 Å². The molecule has 0 spiro atoms. The van der Waals surface area contributed by atoms with E-state index >= 15 is 0 Å². The van der Waals surface area contributed by atoms with Gasteiger partial charge in [0.15, 0.2) is 0 Å². The summed E-state index contributed by atoms with van der Waals surface area (Å²) >= 11 is -1.69. The third-order valence-electron chi connectivity index (χ3n) is 0. The summed E-state index contributed by atoms with van der Waals surface area (Å²) in [5.74, 6) is 0. The smallest absolute Gasteiger partial charge is 0.387 e. The summed E-state index contributed by atoms with van der Waals surface area (Å²) in [4.78, 5) is 0. The van der Waals surface area contributed by atoms with Gasteiger partial charge in [0.25, 0.3) is 0 Å². The van der Waals surface area contributed by atoms with E-state index in [9.17, 15) is 0 Å². The average Bonchev–Trinajstić information content (AvgIpc) is 0.811. The highest BCUT2D eigenvalue weighted by molar-refractivity contribution is 7.32. The van der Waals surface area contributed by atoms with Crippen LogP contribution in [-0.4, -0.2) is 12.5 Å². The molecule has 0 fully saturated rings. The number of hydrogen-bond acceptors (Lipinski definition) is 1. The first-order chi connectivity index (χ1) is 1.73. The molecule has 0 aromatic rings. The van der Waals surface area contributed by atoms with Crippen LogP contribution in [-0.2, 0) is 0 Å². The predicted octanol–water partition coefficient (Wildman–Crippen LogP) is 0.408. The van der Waals surface area contributed by atoms with Crippen molar-refractivity contribution in [2.75, 3.05) is 0 Å². The molecule has 0 aromatic heterocycles. The van der Waals surface area contributed by atoms with Gasteiger partial charge < -0.3 is 4.72 Å². The van der Waals surface area contributed by atoms with E-state index in [0.717, 1.165) is 0 Å². The Hall–Kier alpha value is 1.07. The minimum absolute atomic E-state index is 1.69. The van der Waals surface area contributed by atoms with Crippen molar-refractivity contribution < 1.29 is 0 Å². The van der Waals surface area contributed by atoms with Crippen molar-refractivity contribution in [3.63, 3.8) is 0 Å². The Labute approximate surface area is 37.7 Å². The number of nitrogens with two attached hydrogens (primary N) is 1. The van der Waals surface area contributed by atoms with Crippen LogP contribution in [0.3, 0.4) is 0 Å². The van der Waals surface area contributed by atoms with Crippen molar-refractivity contribution in [1.29, 1.82) is 0 Å². The first-order valence-corrected chi connectivity index (χ1v) is 4.93. The van der Waals surface area contributed by atoms with Gasteiger partial charge in [0, 0.05) is 0 Å². The lowest BCUT2D eigenvalue weighted by atomic mass is 13.9. The Morgan fingerprint density at radius 1 is 1.50 bits per heavy atom. The highest BCUT2D eigenvalue weighted by atomic mass is 35.7. The molecule has 4 heavy (non-hydrogen) atoms. The third-order valence-corrected chi connectivity index (χ3v) is 0. The SMILES string of the molecule is [NH2][Al]([Cl])[Cl]. The van der Waals surface area contributed by atoms with E-state index in [1.165, 1.54) is 0 Å². The molecular weight excluding hydrogens is 112 g/mol. The fourth-order valence-corrected chi connectivity index (χ4v) is 0. The van der Waals surface area contributed by atoms with Crippen molar-refractivity contribution in [3.05, 3.63) is 0 Å². The maximum atomic E-state index is 4.96. The highest BCUT2D eigenvalue weighted by Gasteiger charge is 1.97. The Morgan fingerprint density at radius 2 is 1.50 bits per heavy atom. The molecule has 0 rings (SSSR count). The van der Waals surface area contributed by atoms with Crippen LogP contribution >= 0.6 is 20.1 Å². The van der Waals surface area contributed by atoms with E-state index in [2.05, 4.69) is 0 Å². The van der Waals surface area contributed by atoms with Crippen molar-refractivity contribution in [2.24, 2.45) is 4.72 Å². The molecule has 0 aliphatic heterocycles. The molecule has 0 saturated carbocycles. The fraction of sp³-hybridized carbons (Fsp3) is 0. The molecule has 4 heteroatoms. The lowest BCUT2D eigenvalue weighted by Gasteiger charge is -1.61. The molecular formula is H2AlCl2N. The largest absolute Gasteiger partial charge is 0.626 e. The molecule has 0 aliphatic carbocycles. The van der Waals surface area contributed by atoms with Crippen LogP contribution in [0.2, 0.25) is 0 Å². The van der Waals surface area contributed by atoms with Gasteiger partial charge in [-0.25, -0.2) is 20.1 Å². The van der Waals surface area contributed by atoms with Crippen LogP contribution < -0.4 is 4.72 Å². The Balaban J connectivity index is 2.32. The molecule has 0 atom stereocenters. The number of hydrogen-bond donors (Lipinski definition) is 1. The standard InChI is InChI=1S/Al.2ClH.H2N/h;2*1H;1H2/q+3;;;-1/p-2. The Kier molecular flexibility index (Phi) is 2.94. The van der Waals surface area contributed by atoms with Crippen LogP contribution in [0, 0.1) is 0 Å². The maximum Gasteiger partial charge on any atom is 0.626 e. The van der Waals surface area contributed by atoms with Gasteiger partial charge in [-0.3, -0.25) is 0 Å². The van der Waals surface area contributed by atoms with Crippen molar-refractivity contribution >= 4 is 32.6 Å². The first kappa shape index (κ1) is 5.07. The molecule has 24 valence electrons. The van der Waals surface area contributed by atoms with Crippen LogP contribution in [0.5, 0.6) is 0 Å². The van der Waals surface area contributed by atoms with Crippen molar-refractivity contribution in [1.82, 2.24) is 0 Å². The van der Waals surface area contributed by atoms with E-state index in [1.807, 2.05) is 0 Å². The van der Waals surface area contributed by atoms with Gasteiger partial charge in [-0.2, -0.15) is 0 Å². The predicted molar refractivity (Wildman–Crippen MR) is 21.6 cm³/mol. The second-order valence-corrected chi connectivity index (χ2v) is 4.49. The van der Waals surface area contributed by atoms with Crippen LogP contribution in [0.1, 0.15) is 0 Å². The van der Waals surface area contributed by atoms with Crippen molar-refractivity contribution in [3.8, 4) is 0 Å². The number of halogens is 2. The zero-order valence-corrected chi connectivity index (χ0v) is 4.58. The molecule has 0 saturated heterocycles. The quantitative estimate of drug-likeness (QED) is 0.453. The summed E-state index contributed by atoms with van der Waals surface area (Å²) in [6.07, 6.45) is 0. The third kappa shape index (κ3) is 11.5. The summed E-state index contributed by atoms with van der Waals surface area (Å²) in [5.41, 5.74) is 0. The zero-order chi connectivity index (χ0) is 3.58. The van der Waals surface area contributed by atoms with E-state index in [-0.39, 0.29) is 0 Å². The van der Waals surface area contributed by atoms with Crippen molar-refractivity contribution in [2.45, 2.75) is 0 Å². The average molecular weight is 114 g/mol. The zero-order valence-electron chi connectivity index (χ0n) is 1.91. The first-order valence-electron chi connectivity index (χ1n) is 0.770. The summed E-state index contributed by atoms with van der Waals surface area (Å²) in [6, 6.07) is 0. The summed E-state index contributed by atoms with van der Waals surface area (Å²) in [6.45, 7) is 0. The molecule has 0 aromatic carbocycles. The lowest BCUT2D eigenvalue weighted by molar-refractivity contribution is 1.96. The molecule has 1 nitrogen and oxygen atoms in total. The Morgan fingerprint density at radius 3 is 1.50 bits per heavy atom. The normalized spacial score (nSPS) is 6.75. The lowest BCUT2D eigenvalue weighted by Crippen LogP contribution is -2.06. The minimum Gasteiger partial charge on any atom is -0.387 e. The van der Waals surface area contributed by atoms with Gasteiger partial charge >= 0.3 is 12.5 Å². The van der Waals surface area contributed by atoms with Crippen LogP contribution in [0.25, 0.3) is 0 Å². The Bertz CT molecular complexity index is 10.8. The topological polar surface area (TPSA) is 26.0 Å². The summed E-state index contributed by atoms with van der Waals surface area (Å²) in [5, 5.41) is 0. The molecule has 0 heterocycles.